The van der Waals surface area contributed by atoms with Crippen molar-refractivity contribution in [2.24, 2.45) is 13.0 Å². The van der Waals surface area contributed by atoms with E-state index in [9.17, 15) is 4.79 Å². The smallest absolute Gasteiger partial charge is 0.240 e. The van der Waals surface area contributed by atoms with Crippen molar-refractivity contribution in [1.29, 1.82) is 0 Å². The molecule has 1 aliphatic rings. The van der Waals surface area contributed by atoms with Crippen molar-refractivity contribution in [1.82, 2.24) is 20.2 Å². The molecule has 1 fully saturated rings. The van der Waals surface area contributed by atoms with E-state index in [1.54, 1.807) is 18.8 Å². The molecule has 0 bridgehead atoms. The molecule has 0 spiro atoms. The fraction of sp³-hybridized carbons (Fsp3) is 0.667. The van der Waals surface area contributed by atoms with Crippen LogP contribution < -0.4 is 0 Å². The van der Waals surface area contributed by atoms with Gasteiger partial charge in [-0.05, 0) is 5.21 Å². The number of aromatic nitrogens is 4. The molecule has 0 N–H and O–H groups in total. The number of hydrogen-bond donors (Lipinski definition) is 0. The van der Waals surface area contributed by atoms with Gasteiger partial charge in [-0.15, -0.1) is 10.2 Å². The highest BCUT2D eigenvalue weighted by Gasteiger charge is 2.29. The Hall–Kier alpha value is -0.910. The van der Waals surface area contributed by atoms with E-state index in [-0.39, 0.29) is 17.5 Å². The second-order valence-electron chi connectivity index (χ2n) is 2.70. The number of rotatable bonds is 2. The number of nitrogens with zero attached hydrogens (tertiary/aromatic N) is 4. The maximum absolute atomic E-state index is 11.4. The summed E-state index contributed by atoms with van der Waals surface area (Å²) >= 11 is 1.77. The van der Waals surface area contributed by atoms with Gasteiger partial charge in [0.25, 0.3) is 0 Å². The summed E-state index contributed by atoms with van der Waals surface area (Å²) in [4.78, 5) is 12.8. The lowest BCUT2D eigenvalue weighted by Crippen LogP contribution is -2.28. The summed E-state index contributed by atoms with van der Waals surface area (Å²) in [6, 6.07) is 0. The van der Waals surface area contributed by atoms with E-state index >= 15 is 0 Å². The summed E-state index contributed by atoms with van der Waals surface area (Å²) in [5, 5.41) is 11.1. The maximum atomic E-state index is 11.4. The third kappa shape index (κ3) is 1.22. The fourth-order valence-corrected chi connectivity index (χ4v) is 1.73. The third-order valence-corrected chi connectivity index (χ3v) is 3.01. The zero-order valence-corrected chi connectivity index (χ0v) is 7.41. The van der Waals surface area contributed by atoms with E-state index < -0.39 is 0 Å². The Balaban J connectivity index is 2.13. The van der Waals surface area contributed by atoms with Crippen LogP contribution in [-0.4, -0.2) is 37.5 Å². The average Bonchev–Trinajstić information content (AvgIpc) is 2.31. The summed E-state index contributed by atoms with van der Waals surface area (Å²) in [7, 11) is 1.65. The maximum Gasteiger partial charge on any atom is 0.240 e. The minimum absolute atomic E-state index is 0.0295. The van der Waals surface area contributed by atoms with Gasteiger partial charge in [0.15, 0.2) is 0 Å². The van der Waals surface area contributed by atoms with Gasteiger partial charge in [-0.3, -0.25) is 4.79 Å². The Morgan fingerprint density at radius 2 is 2.42 bits per heavy atom. The molecule has 64 valence electrons. The first-order valence-corrected chi connectivity index (χ1v) is 4.79. The molecule has 0 unspecified atom stereocenters. The van der Waals surface area contributed by atoms with Gasteiger partial charge in [0.2, 0.25) is 11.6 Å². The lowest BCUT2D eigenvalue weighted by atomic mass is 10.1. The summed E-state index contributed by atoms with van der Waals surface area (Å²) in [6.07, 6.45) is 0. The minimum atomic E-state index is 0.0295. The van der Waals surface area contributed by atoms with Gasteiger partial charge in [0.05, 0.1) is 7.05 Å². The van der Waals surface area contributed by atoms with E-state index in [1.807, 2.05) is 0 Å². The molecule has 1 saturated heterocycles. The summed E-state index contributed by atoms with van der Waals surface area (Å²) in [5.74, 6) is 2.21. The number of ketones is 1. The molecule has 0 saturated carbocycles. The molecule has 2 heterocycles. The van der Waals surface area contributed by atoms with Crippen molar-refractivity contribution in [2.45, 2.75) is 0 Å². The van der Waals surface area contributed by atoms with Crippen molar-refractivity contribution in [3.05, 3.63) is 5.82 Å². The topological polar surface area (TPSA) is 60.7 Å². The number of aryl methyl sites for hydroxylation is 1. The third-order valence-electron chi connectivity index (χ3n) is 1.74. The predicted octanol–water partition coefficient (Wildman–Crippen LogP) is -0.244. The molecule has 12 heavy (non-hydrogen) atoms. The van der Waals surface area contributed by atoms with Crippen LogP contribution in [0.4, 0.5) is 0 Å². The molecule has 0 atom stereocenters. The van der Waals surface area contributed by atoms with Crippen LogP contribution in [0.25, 0.3) is 0 Å². The normalized spacial score (nSPS) is 17.4. The fourth-order valence-electron chi connectivity index (χ4n) is 0.952. The van der Waals surface area contributed by atoms with E-state index in [2.05, 4.69) is 15.4 Å². The van der Waals surface area contributed by atoms with Crippen molar-refractivity contribution < 1.29 is 4.79 Å². The second kappa shape index (κ2) is 2.85. The van der Waals surface area contributed by atoms with E-state index in [0.29, 0.717) is 0 Å². The number of hydrogen-bond acceptors (Lipinski definition) is 5. The number of tetrazole rings is 1. The van der Waals surface area contributed by atoms with Crippen molar-refractivity contribution >= 4 is 17.5 Å². The van der Waals surface area contributed by atoms with Gasteiger partial charge < -0.3 is 0 Å². The largest absolute Gasteiger partial charge is 0.290 e. The van der Waals surface area contributed by atoms with Crippen molar-refractivity contribution in [3.8, 4) is 0 Å². The Bertz CT molecular complexity index is 306. The first-order chi connectivity index (χ1) is 5.77. The van der Waals surface area contributed by atoms with Crippen molar-refractivity contribution in [2.75, 3.05) is 11.5 Å². The van der Waals surface area contributed by atoms with Gasteiger partial charge in [-0.1, -0.05) is 0 Å². The number of carbonyl (C=O) groups is 1. The summed E-state index contributed by atoms with van der Waals surface area (Å²) in [5.41, 5.74) is 0. The lowest BCUT2D eigenvalue weighted by molar-refractivity contribution is 0.0928. The molecule has 1 aromatic rings. The molecular weight excluding hydrogens is 176 g/mol. The van der Waals surface area contributed by atoms with Gasteiger partial charge >= 0.3 is 0 Å². The molecule has 5 nitrogen and oxygen atoms in total. The van der Waals surface area contributed by atoms with Gasteiger partial charge in [0.1, 0.15) is 0 Å². The first-order valence-electron chi connectivity index (χ1n) is 3.63. The summed E-state index contributed by atoms with van der Waals surface area (Å²) in [6.45, 7) is 0. The highest BCUT2D eigenvalue weighted by atomic mass is 32.2. The van der Waals surface area contributed by atoms with Crippen LogP contribution in [0.15, 0.2) is 0 Å². The zero-order valence-electron chi connectivity index (χ0n) is 6.60. The van der Waals surface area contributed by atoms with Crippen LogP contribution in [0.1, 0.15) is 10.6 Å². The molecule has 0 aromatic carbocycles. The SMILES string of the molecule is Cn1nnc(C(=O)C2CSC2)n1. The molecule has 1 aromatic heterocycles. The predicted molar refractivity (Wildman–Crippen MR) is 43.9 cm³/mol. The average molecular weight is 184 g/mol. The monoisotopic (exact) mass is 184 g/mol. The number of carbonyl (C=O) groups excluding carboxylic acids is 1. The van der Waals surface area contributed by atoms with Crippen molar-refractivity contribution in [3.63, 3.8) is 0 Å². The molecule has 6 heteroatoms. The zero-order chi connectivity index (χ0) is 8.55. The van der Waals surface area contributed by atoms with E-state index in [1.165, 1.54) is 4.80 Å². The standard InChI is InChI=1S/C6H8N4OS/c1-10-8-6(7-9-10)5(11)4-2-12-3-4/h4H,2-3H2,1H3. The Kier molecular flexibility index (Phi) is 1.84. The van der Waals surface area contributed by atoms with Crippen LogP contribution in [-0.2, 0) is 7.05 Å². The molecule has 0 amide bonds. The molecule has 0 aliphatic carbocycles. The molecule has 1 aliphatic heterocycles. The van der Waals surface area contributed by atoms with Gasteiger partial charge in [-0.25, -0.2) is 0 Å². The number of thioether (sulfide) groups is 1. The van der Waals surface area contributed by atoms with Crippen LogP contribution in [0.2, 0.25) is 0 Å². The molecular formula is C6H8N4OS. The van der Waals surface area contributed by atoms with Crippen LogP contribution in [0, 0.1) is 5.92 Å². The van der Waals surface area contributed by atoms with E-state index in [0.717, 1.165) is 11.5 Å². The Morgan fingerprint density at radius 1 is 1.67 bits per heavy atom. The first kappa shape index (κ1) is 7.72. The van der Waals surface area contributed by atoms with E-state index in [4.69, 9.17) is 0 Å². The lowest BCUT2D eigenvalue weighted by Gasteiger charge is -2.21. The summed E-state index contributed by atoms with van der Waals surface area (Å²) < 4.78 is 0. The van der Waals surface area contributed by atoms with Crippen LogP contribution in [0.3, 0.4) is 0 Å². The highest BCUT2D eigenvalue weighted by Crippen LogP contribution is 2.26. The van der Waals surface area contributed by atoms with Crippen LogP contribution in [0.5, 0.6) is 0 Å². The van der Waals surface area contributed by atoms with Gasteiger partial charge in [-0.2, -0.15) is 16.6 Å². The van der Waals surface area contributed by atoms with Gasteiger partial charge in [0, 0.05) is 17.4 Å². The second-order valence-corrected chi connectivity index (χ2v) is 3.78. The Morgan fingerprint density at radius 3 is 2.83 bits per heavy atom. The minimum Gasteiger partial charge on any atom is -0.290 e. The Labute approximate surface area is 73.5 Å². The molecule has 2 rings (SSSR count). The van der Waals surface area contributed by atoms with Crippen LogP contribution >= 0.6 is 11.8 Å². The molecule has 0 radical (unpaired) electrons. The highest BCUT2D eigenvalue weighted by molar-refractivity contribution is 8.00. The number of Topliss-reactive ketones (excluding diaryl/α,β-unsaturated/α-hetero) is 1. The quantitative estimate of drug-likeness (QED) is 0.593.